The number of aromatic nitrogens is 1. The van der Waals surface area contributed by atoms with Gasteiger partial charge in [0.25, 0.3) is 0 Å². The van der Waals surface area contributed by atoms with E-state index in [0.717, 1.165) is 43.2 Å². The first-order chi connectivity index (χ1) is 19.1. The van der Waals surface area contributed by atoms with Crippen molar-refractivity contribution in [2.45, 2.75) is 90.0 Å². The molecule has 3 aliphatic rings. The lowest BCUT2D eigenvalue weighted by Crippen LogP contribution is -2.52. The van der Waals surface area contributed by atoms with E-state index in [-0.39, 0.29) is 36.4 Å². The van der Waals surface area contributed by atoms with Crippen molar-refractivity contribution >= 4 is 5.91 Å². The van der Waals surface area contributed by atoms with Crippen molar-refractivity contribution in [1.29, 1.82) is 0 Å². The molecule has 3 N–H and O–H groups in total. The largest absolute Gasteiger partial charge is 0.471 e. The monoisotopic (exact) mass is 553 g/mol. The molecule has 9 nitrogen and oxygen atoms in total. The van der Waals surface area contributed by atoms with E-state index in [1.54, 1.807) is 0 Å². The van der Waals surface area contributed by atoms with Crippen LogP contribution in [0.15, 0.2) is 30.5 Å². The highest BCUT2D eigenvalue weighted by atomic mass is 16.7. The van der Waals surface area contributed by atoms with Crippen LogP contribution in [0.3, 0.4) is 0 Å². The highest BCUT2D eigenvalue weighted by Crippen LogP contribution is 2.48. The van der Waals surface area contributed by atoms with Gasteiger partial charge >= 0.3 is 0 Å². The topological polar surface area (TPSA) is 111 Å². The van der Waals surface area contributed by atoms with Gasteiger partial charge in [-0.15, -0.1) is 0 Å². The molecule has 0 radical (unpaired) electrons. The predicted octanol–water partition coefficient (Wildman–Crippen LogP) is 3.86. The number of pyridine rings is 1. The van der Waals surface area contributed by atoms with Crippen LogP contribution >= 0.6 is 0 Å². The number of ether oxygens (including phenoxy) is 4. The number of hydrogen-bond donors (Lipinski definition) is 3. The number of nitrogens with zero attached hydrogens (tertiary/aromatic N) is 1. The van der Waals surface area contributed by atoms with Crippen LogP contribution in [0.4, 0.5) is 0 Å². The number of benzene rings is 1. The summed E-state index contributed by atoms with van der Waals surface area (Å²) in [4.78, 5) is 17.3. The van der Waals surface area contributed by atoms with Crippen LogP contribution in [0.25, 0.3) is 0 Å². The van der Waals surface area contributed by atoms with E-state index in [1.807, 2.05) is 31.3 Å². The van der Waals surface area contributed by atoms with Crippen LogP contribution in [0.1, 0.15) is 76.1 Å². The summed E-state index contributed by atoms with van der Waals surface area (Å²) in [6, 6.07) is 7.38. The zero-order valence-corrected chi connectivity index (χ0v) is 24.1. The molecule has 0 saturated heterocycles. The molecule has 2 aliphatic heterocycles. The molecule has 1 fully saturated rings. The molecule has 0 bridgehead atoms. The fraction of sp³-hybridized carbons (Fsp3) is 0.613. The fourth-order valence-electron chi connectivity index (χ4n) is 5.80. The Morgan fingerprint density at radius 3 is 2.73 bits per heavy atom. The van der Waals surface area contributed by atoms with Crippen LogP contribution in [0, 0.1) is 5.41 Å². The first-order valence-electron chi connectivity index (χ1n) is 14.5. The fourth-order valence-corrected chi connectivity index (χ4v) is 5.80. The lowest BCUT2D eigenvalue weighted by molar-refractivity contribution is -0.127. The maximum absolute atomic E-state index is 12.6. The molecule has 1 spiro atoms. The molecule has 1 aromatic heterocycles. The second-order valence-corrected chi connectivity index (χ2v) is 12.5. The third-order valence-electron chi connectivity index (χ3n) is 7.91. The molecule has 218 valence electrons. The summed E-state index contributed by atoms with van der Waals surface area (Å²) in [7, 11) is 0. The lowest BCUT2D eigenvalue weighted by atomic mass is 9.73. The number of aliphatic hydroxyl groups is 1. The molecule has 2 aromatic rings. The van der Waals surface area contributed by atoms with Crippen LogP contribution in [-0.2, 0) is 22.4 Å². The molecule has 9 heteroatoms. The van der Waals surface area contributed by atoms with Crippen LogP contribution in [-0.4, -0.2) is 60.3 Å². The average molecular weight is 554 g/mol. The third kappa shape index (κ3) is 6.87. The number of rotatable bonds is 11. The first-order valence-corrected chi connectivity index (χ1v) is 14.5. The SMILES string of the molecule is CCOCC(=O)N[C@@H](Cc1ccc2c(c1)OCO2)[C@@H](O)CN[C@H]1CC2(CCC2)Oc2ncc(CC(C)(C)C)cc21. The van der Waals surface area contributed by atoms with Crippen molar-refractivity contribution in [3.05, 3.63) is 47.2 Å². The molecular formula is C31H43N3O6. The molecule has 1 amide bonds. The first kappa shape index (κ1) is 28.6. The number of nitrogens with one attached hydrogen (secondary N) is 2. The van der Waals surface area contributed by atoms with E-state index in [9.17, 15) is 9.90 Å². The molecule has 5 rings (SSSR count). The highest BCUT2D eigenvalue weighted by Gasteiger charge is 2.46. The van der Waals surface area contributed by atoms with Crippen LogP contribution in [0.5, 0.6) is 17.4 Å². The van der Waals surface area contributed by atoms with Gasteiger partial charge in [-0.05, 0) is 73.8 Å². The third-order valence-corrected chi connectivity index (χ3v) is 7.91. The molecule has 40 heavy (non-hydrogen) atoms. The van der Waals surface area contributed by atoms with Gasteiger partial charge in [0, 0.05) is 37.4 Å². The Hall–Kier alpha value is -2.88. The van der Waals surface area contributed by atoms with Gasteiger partial charge in [0.1, 0.15) is 12.2 Å². The minimum atomic E-state index is -0.842. The summed E-state index contributed by atoms with van der Waals surface area (Å²) in [5.74, 6) is 1.81. The zero-order chi connectivity index (χ0) is 28.3. The van der Waals surface area contributed by atoms with E-state index in [2.05, 4.69) is 37.5 Å². The van der Waals surface area contributed by atoms with Crippen molar-refractivity contribution in [1.82, 2.24) is 15.6 Å². The Balaban J connectivity index is 1.31. The van der Waals surface area contributed by atoms with Gasteiger partial charge < -0.3 is 34.7 Å². The predicted molar refractivity (Wildman–Crippen MR) is 151 cm³/mol. The Morgan fingerprint density at radius 2 is 2.00 bits per heavy atom. The normalized spacial score (nSPS) is 20.3. The molecule has 3 heterocycles. The molecule has 1 saturated carbocycles. The van der Waals surface area contributed by atoms with Gasteiger partial charge in [-0.1, -0.05) is 26.8 Å². The Kier molecular flexibility index (Phi) is 8.54. The smallest absolute Gasteiger partial charge is 0.246 e. The van der Waals surface area contributed by atoms with Crippen molar-refractivity contribution in [3.63, 3.8) is 0 Å². The number of hydrogen-bond acceptors (Lipinski definition) is 8. The van der Waals surface area contributed by atoms with E-state index in [1.165, 1.54) is 5.56 Å². The number of carbonyl (C=O) groups is 1. The van der Waals surface area contributed by atoms with Gasteiger partial charge in [0.2, 0.25) is 18.6 Å². The molecule has 1 aliphatic carbocycles. The van der Waals surface area contributed by atoms with Crippen molar-refractivity contribution in [2.24, 2.45) is 5.41 Å². The summed E-state index contributed by atoms with van der Waals surface area (Å²) in [6.07, 6.45) is 6.44. The summed E-state index contributed by atoms with van der Waals surface area (Å²) in [6.45, 7) is 9.40. The quantitative estimate of drug-likeness (QED) is 0.385. The minimum absolute atomic E-state index is 0.00330. The van der Waals surface area contributed by atoms with E-state index < -0.39 is 12.1 Å². The Morgan fingerprint density at radius 1 is 1.20 bits per heavy atom. The number of aliphatic hydroxyl groups excluding tert-OH is 1. The van der Waals surface area contributed by atoms with E-state index >= 15 is 0 Å². The molecule has 0 unspecified atom stereocenters. The van der Waals surface area contributed by atoms with Crippen molar-refractivity contribution in [3.8, 4) is 17.4 Å². The number of carbonyl (C=O) groups excluding carboxylic acids is 1. The highest BCUT2D eigenvalue weighted by molar-refractivity contribution is 5.77. The molecule has 1 aromatic carbocycles. The lowest BCUT2D eigenvalue weighted by Gasteiger charge is -2.47. The van der Waals surface area contributed by atoms with Crippen molar-refractivity contribution < 1.29 is 28.8 Å². The molecular weight excluding hydrogens is 510 g/mol. The van der Waals surface area contributed by atoms with Crippen molar-refractivity contribution in [2.75, 3.05) is 26.6 Å². The summed E-state index contributed by atoms with van der Waals surface area (Å²) in [5.41, 5.74) is 3.10. The van der Waals surface area contributed by atoms with E-state index in [0.29, 0.717) is 37.0 Å². The second-order valence-electron chi connectivity index (χ2n) is 12.5. The van der Waals surface area contributed by atoms with Gasteiger partial charge in [-0.2, -0.15) is 0 Å². The average Bonchev–Trinajstić information content (AvgIpc) is 3.36. The number of amides is 1. The van der Waals surface area contributed by atoms with Gasteiger partial charge in [0.05, 0.1) is 12.1 Å². The zero-order valence-electron chi connectivity index (χ0n) is 24.1. The minimum Gasteiger partial charge on any atom is -0.471 e. The van der Waals surface area contributed by atoms with Gasteiger partial charge in [-0.3, -0.25) is 4.79 Å². The molecule has 3 atom stereocenters. The van der Waals surface area contributed by atoms with Crippen LogP contribution < -0.4 is 24.8 Å². The van der Waals surface area contributed by atoms with Gasteiger partial charge in [-0.25, -0.2) is 4.98 Å². The Labute approximate surface area is 236 Å². The Bertz CT molecular complexity index is 1190. The van der Waals surface area contributed by atoms with Crippen LogP contribution in [0.2, 0.25) is 0 Å². The maximum atomic E-state index is 12.6. The summed E-state index contributed by atoms with van der Waals surface area (Å²) in [5, 5.41) is 18.0. The standard InChI is InChI=1S/C31H43N3O6/c1-5-37-18-28(36)34-23(12-20-7-8-26-27(13-20)39-19-38-26)25(35)17-32-24-15-31(9-6-10-31)40-29-22(24)11-21(16-33-29)14-30(2,3)4/h7-8,11,13,16,23-25,32,35H,5-6,9-10,12,14-15,17-19H2,1-4H3,(H,34,36)/t23-,24-,25-/m0/s1. The summed E-state index contributed by atoms with van der Waals surface area (Å²) < 4.78 is 22.7. The summed E-state index contributed by atoms with van der Waals surface area (Å²) >= 11 is 0. The van der Waals surface area contributed by atoms with Gasteiger partial charge in [0.15, 0.2) is 11.5 Å². The second kappa shape index (κ2) is 11.9. The van der Waals surface area contributed by atoms with E-state index in [4.69, 9.17) is 23.9 Å². The maximum Gasteiger partial charge on any atom is 0.246 e. The number of fused-ring (bicyclic) bond motifs is 2.